The van der Waals surface area contributed by atoms with Crippen LogP contribution in [-0.2, 0) is 11.2 Å². The summed E-state index contributed by atoms with van der Waals surface area (Å²) in [6.45, 7) is 2.57. The first-order chi connectivity index (χ1) is 9.75. The molecule has 0 unspecified atom stereocenters. The fourth-order valence-corrected chi connectivity index (χ4v) is 3.03. The molecule has 0 spiro atoms. The lowest BCUT2D eigenvalue weighted by Crippen LogP contribution is -2.46. The molecule has 0 aromatic heterocycles. The molecule has 4 nitrogen and oxygen atoms in total. The smallest absolute Gasteiger partial charge is 0.254 e. The zero-order valence-electron chi connectivity index (χ0n) is 11.7. The quantitative estimate of drug-likeness (QED) is 0.822. The van der Waals surface area contributed by atoms with E-state index in [0.29, 0.717) is 6.54 Å². The highest BCUT2D eigenvalue weighted by Crippen LogP contribution is 2.19. The number of amides is 2. The molecule has 0 radical (unpaired) electrons. The van der Waals surface area contributed by atoms with Crippen molar-refractivity contribution in [2.45, 2.75) is 25.7 Å². The summed E-state index contributed by atoms with van der Waals surface area (Å²) in [6, 6.07) is 7.69. The molecule has 0 bridgehead atoms. The van der Waals surface area contributed by atoms with Gasteiger partial charge in [-0.1, -0.05) is 18.2 Å². The second kappa shape index (κ2) is 5.65. The number of carbonyl (C=O) groups is 2. The Morgan fingerprint density at radius 1 is 1.05 bits per heavy atom. The standard InChI is InChI=1S/C16H20N2O2/c19-15(17-9-4-1-5-10-17)12-18-11-8-13-6-2-3-7-14(13)16(18)20/h2-3,6-7H,1,4-5,8-12H2. The molecular weight excluding hydrogens is 252 g/mol. The number of likely N-dealkylation sites (tertiary alicyclic amines) is 1. The maximum absolute atomic E-state index is 12.4. The van der Waals surface area contributed by atoms with Gasteiger partial charge in [0.05, 0.1) is 0 Å². The first-order valence-electron chi connectivity index (χ1n) is 7.40. The zero-order valence-corrected chi connectivity index (χ0v) is 11.7. The van der Waals surface area contributed by atoms with Gasteiger partial charge in [-0.2, -0.15) is 0 Å². The molecular formula is C16H20N2O2. The molecule has 4 heteroatoms. The first kappa shape index (κ1) is 13.2. The minimum Gasteiger partial charge on any atom is -0.341 e. The predicted octanol–water partition coefficient (Wildman–Crippen LogP) is 1.70. The van der Waals surface area contributed by atoms with Gasteiger partial charge >= 0.3 is 0 Å². The molecule has 0 saturated carbocycles. The van der Waals surface area contributed by atoms with Crippen molar-refractivity contribution in [3.05, 3.63) is 35.4 Å². The van der Waals surface area contributed by atoms with Crippen LogP contribution in [0.3, 0.4) is 0 Å². The van der Waals surface area contributed by atoms with E-state index in [1.54, 1.807) is 4.90 Å². The molecule has 1 saturated heterocycles. The maximum atomic E-state index is 12.4. The molecule has 1 aromatic carbocycles. The highest BCUT2D eigenvalue weighted by molar-refractivity contribution is 5.98. The van der Waals surface area contributed by atoms with Crippen LogP contribution in [0.25, 0.3) is 0 Å². The van der Waals surface area contributed by atoms with Crippen molar-refractivity contribution < 1.29 is 9.59 Å². The van der Waals surface area contributed by atoms with Gasteiger partial charge in [-0.3, -0.25) is 9.59 Å². The van der Waals surface area contributed by atoms with Gasteiger partial charge in [-0.25, -0.2) is 0 Å². The van der Waals surface area contributed by atoms with Gasteiger partial charge in [0.2, 0.25) is 5.91 Å². The third-order valence-corrected chi connectivity index (χ3v) is 4.22. The van der Waals surface area contributed by atoms with Crippen molar-refractivity contribution in [1.82, 2.24) is 9.80 Å². The lowest BCUT2D eigenvalue weighted by atomic mass is 9.99. The van der Waals surface area contributed by atoms with Crippen molar-refractivity contribution >= 4 is 11.8 Å². The van der Waals surface area contributed by atoms with Crippen LogP contribution in [0.4, 0.5) is 0 Å². The Morgan fingerprint density at radius 3 is 2.60 bits per heavy atom. The fourth-order valence-electron chi connectivity index (χ4n) is 3.03. The van der Waals surface area contributed by atoms with Gasteiger partial charge in [-0.15, -0.1) is 0 Å². The summed E-state index contributed by atoms with van der Waals surface area (Å²) in [4.78, 5) is 28.2. The molecule has 2 amide bonds. The van der Waals surface area contributed by atoms with Crippen molar-refractivity contribution in [2.24, 2.45) is 0 Å². The number of fused-ring (bicyclic) bond motifs is 1. The first-order valence-corrected chi connectivity index (χ1v) is 7.40. The Kier molecular flexibility index (Phi) is 3.72. The molecule has 0 atom stereocenters. The Hall–Kier alpha value is -1.84. The fraction of sp³-hybridized carbons (Fsp3) is 0.500. The summed E-state index contributed by atoms with van der Waals surface area (Å²) < 4.78 is 0. The van der Waals surface area contributed by atoms with E-state index in [4.69, 9.17) is 0 Å². The van der Waals surface area contributed by atoms with Crippen molar-refractivity contribution in [3.63, 3.8) is 0 Å². The molecule has 20 heavy (non-hydrogen) atoms. The van der Waals surface area contributed by atoms with Gasteiger partial charge < -0.3 is 9.80 Å². The molecule has 0 N–H and O–H groups in total. The molecule has 2 aliphatic rings. The average molecular weight is 272 g/mol. The summed E-state index contributed by atoms with van der Waals surface area (Å²) in [5, 5.41) is 0. The van der Waals surface area contributed by atoms with Crippen LogP contribution < -0.4 is 0 Å². The molecule has 3 rings (SSSR count). The molecule has 106 valence electrons. The molecule has 2 heterocycles. The Bertz CT molecular complexity index is 521. The van der Waals surface area contributed by atoms with Gasteiger partial charge in [0.25, 0.3) is 5.91 Å². The molecule has 1 aromatic rings. The molecule has 2 aliphatic heterocycles. The van der Waals surface area contributed by atoms with E-state index in [0.717, 1.165) is 43.5 Å². The average Bonchev–Trinajstić information content (AvgIpc) is 2.51. The van der Waals surface area contributed by atoms with Gasteiger partial charge in [0, 0.05) is 25.2 Å². The van der Waals surface area contributed by atoms with E-state index in [9.17, 15) is 9.59 Å². The third-order valence-electron chi connectivity index (χ3n) is 4.22. The van der Waals surface area contributed by atoms with Gasteiger partial charge in [0.1, 0.15) is 6.54 Å². The Morgan fingerprint density at radius 2 is 1.80 bits per heavy atom. The van der Waals surface area contributed by atoms with Crippen LogP contribution in [0, 0.1) is 0 Å². The van der Waals surface area contributed by atoms with Crippen LogP contribution in [0.2, 0.25) is 0 Å². The normalized spacial score (nSPS) is 18.9. The summed E-state index contributed by atoms with van der Waals surface area (Å²) in [7, 11) is 0. The number of nitrogens with zero attached hydrogens (tertiary/aromatic N) is 2. The summed E-state index contributed by atoms with van der Waals surface area (Å²) in [6.07, 6.45) is 4.22. The van der Waals surface area contributed by atoms with Crippen molar-refractivity contribution in [3.8, 4) is 0 Å². The van der Waals surface area contributed by atoms with Crippen LogP contribution in [0.15, 0.2) is 24.3 Å². The van der Waals surface area contributed by atoms with Crippen molar-refractivity contribution in [1.29, 1.82) is 0 Å². The van der Waals surface area contributed by atoms with E-state index in [-0.39, 0.29) is 18.4 Å². The third kappa shape index (κ3) is 2.55. The predicted molar refractivity (Wildman–Crippen MR) is 76.5 cm³/mol. The van der Waals surface area contributed by atoms with E-state index in [1.165, 1.54) is 6.42 Å². The van der Waals surface area contributed by atoms with Crippen LogP contribution in [0.1, 0.15) is 35.2 Å². The van der Waals surface area contributed by atoms with Crippen LogP contribution >= 0.6 is 0 Å². The second-order valence-electron chi connectivity index (χ2n) is 5.58. The zero-order chi connectivity index (χ0) is 13.9. The maximum Gasteiger partial charge on any atom is 0.254 e. The largest absolute Gasteiger partial charge is 0.341 e. The lowest BCUT2D eigenvalue weighted by molar-refractivity contribution is -0.132. The summed E-state index contributed by atoms with van der Waals surface area (Å²) in [5.41, 5.74) is 1.85. The number of hydrogen-bond acceptors (Lipinski definition) is 2. The molecule has 0 aliphatic carbocycles. The second-order valence-corrected chi connectivity index (χ2v) is 5.58. The minimum absolute atomic E-state index is 0.00258. The Balaban J connectivity index is 1.67. The highest BCUT2D eigenvalue weighted by atomic mass is 16.2. The Labute approximate surface area is 119 Å². The van der Waals surface area contributed by atoms with E-state index < -0.39 is 0 Å². The highest BCUT2D eigenvalue weighted by Gasteiger charge is 2.27. The van der Waals surface area contributed by atoms with Crippen LogP contribution in [0.5, 0.6) is 0 Å². The number of piperidine rings is 1. The minimum atomic E-state index is -0.00258. The number of rotatable bonds is 2. The molecule has 1 fully saturated rings. The summed E-state index contributed by atoms with van der Waals surface area (Å²) in [5.74, 6) is 0.0923. The van der Waals surface area contributed by atoms with Crippen molar-refractivity contribution in [2.75, 3.05) is 26.2 Å². The summed E-state index contributed by atoms with van der Waals surface area (Å²) >= 11 is 0. The van der Waals surface area contributed by atoms with E-state index >= 15 is 0 Å². The number of hydrogen-bond donors (Lipinski definition) is 0. The van der Waals surface area contributed by atoms with Gasteiger partial charge in [-0.05, 0) is 37.3 Å². The number of benzene rings is 1. The SMILES string of the molecule is O=C(CN1CCc2ccccc2C1=O)N1CCCCC1. The lowest BCUT2D eigenvalue weighted by Gasteiger charge is -2.32. The van der Waals surface area contributed by atoms with Gasteiger partial charge in [0.15, 0.2) is 0 Å². The van der Waals surface area contributed by atoms with Crippen LogP contribution in [-0.4, -0.2) is 47.8 Å². The van der Waals surface area contributed by atoms with E-state index in [2.05, 4.69) is 0 Å². The van der Waals surface area contributed by atoms with E-state index in [1.807, 2.05) is 29.2 Å². The number of carbonyl (C=O) groups excluding carboxylic acids is 2. The monoisotopic (exact) mass is 272 g/mol. The topological polar surface area (TPSA) is 40.6 Å².